The summed E-state index contributed by atoms with van der Waals surface area (Å²) in [4.78, 5) is 2.47. The molecule has 3 aliphatic heterocycles. The summed E-state index contributed by atoms with van der Waals surface area (Å²) in [5.74, 6) is 3.38. The van der Waals surface area contributed by atoms with Gasteiger partial charge in [-0.2, -0.15) is 0 Å². The van der Waals surface area contributed by atoms with Crippen molar-refractivity contribution in [3.63, 3.8) is 0 Å². The van der Waals surface area contributed by atoms with Crippen molar-refractivity contribution in [1.82, 2.24) is 0 Å². The molecule has 0 aliphatic carbocycles. The van der Waals surface area contributed by atoms with E-state index in [1.54, 1.807) is 0 Å². The van der Waals surface area contributed by atoms with Gasteiger partial charge in [0.2, 0.25) is 0 Å². The molecule has 0 unspecified atom stereocenters. The standard InChI is InChI=1S/C54H37BNO2Si/c1-5-18-37(19-6-1)39-32-33-43-48(34-39)57-49-35-40(38-20-7-2-8-21-38)36-50-53(49)55(43)44-26-17-29-47(54(44)58-50)56-45-27-13-15-30-51(45)59(41-22-9-3-10-23-41,42-24-11-4-12-25-42)52-31-16-14-28-46(52)56/h1-36,59H/q-1. The zero-order valence-corrected chi connectivity index (χ0v) is 33.4. The van der Waals surface area contributed by atoms with E-state index in [2.05, 4.69) is 223 Å². The molecule has 0 saturated heterocycles. The van der Waals surface area contributed by atoms with Crippen LogP contribution >= 0.6 is 0 Å². The molecule has 0 amide bonds. The van der Waals surface area contributed by atoms with E-state index in [4.69, 9.17) is 9.47 Å². The first-order valence-electron chi connectivity index (χ1n) is 20.4. The average Bonchev–Trinajstić information content (AvgIpc) is 3.31. The largest absolute Gasteiger partial charge is 0.0617 e. The van der Waals surface area contributed by atoms with Crippen molar-refractivity contribution in [2.45, 2.75) is 0 Å². The smallest absolute Gasteiger partial charge is 0.0544 e. The Labute approximate surface area is 345 Å². The average molecular weight is 771 g/mol. The molecule has 3 nitrogen and oxygen atoms in total. The third-order valence-corrected chi connectivity index (χ3v) is 18.4. The van der Waals surface area contributed by atoms with Crippen molar-refractivity contribution in [3.05, 3.63) is 218 Å². The van der Waals surface area contributed by atoms with Gasteiger partial charge in [0.05, 0.1) is 0 Å². The predicted molar refractivity (Wildman–Crippen MR) is 248 cm³/mol. The number of hydrogen-bond acceptors (Lipinski definition) is 3. The molecule has 0 fully saturated rings. The Morgan fingerprint density at radius 3 is 1.46 bits per heavy atom. The number of fused-ring (bicyclic) bond motifs is 6. The van der Waals surface area contributed by atoms with Gasteiger partial charge in [0.15, 0.2) is 0 Å². The van der Waals surface area contributed by atoms with Crippen LogP contribution in [0.15, 0.2) is 218 Å². The van der Waals surface area contributed by atoms with Crippen molar-refractivity contribution in [1.29, 1.82) is 0 Å². The molecule has 59 heavy (non-hydrogen) atoms. The first kappa shape index (κ1) is 33.8. The molecule has 12 rings (SSSR count). The van der Waals surface area contributed by atoms with Crippen LogP contribution in [0.5, 0.6) is 23.0 Å². The number of hydrogen-bond donors (Lipinski definition) is 0. The van der Waals surface area contributed by atoms with Gasteiger partial charge < -0.3 is 0 Å². The Morgan fingerprint density at radius 1 is 0.356 bits per heavy atom. The molecular weight excluding hydrogens is 733 g/mol. The van der Waals surface area contributed by atoms with Gasteiger partial charge in [0.1, 0.15) is 0 Å². The van der Waals surface area contributed by atoms with Crippen LogP contribution in [0.3, 0.4) is 0 Å². The van der Waals surface area contributed by atoms with Gasteiger partial charge in [-0.1, -0.05) is 36.4 Å². The van der Waals surface area contributed by atoms with Crippen molar-refractivity contribution < 1.29 is 9.47 Å². The maximum Gasteiger partial charge on any atom is -0.0544 e. The Kier molecular flexibility index (Phi) is 7.65. The molecule has 0 spiro atoms. The molecule has 0 bridgehead atoms. The van der Waals surface area contributed by atoms with E-state index >= 15 is 0 Å². The fourth-order valence-corrected chi connectivity index (χ4v) is 16.2. The monoisotopic (exact) mass is 770 g/mol. The number of rotatable bonds is 5. The summed E-state index contributed by atoms with van der Waals surface area (Å²) in [5, 5.41) is 5.54. The Bertz CT molecular complexity index is 2980. The van der Waals surface area contributed by atoms with Crippen molar-refractivity contribution in [2.24, 2.45) is 0 Å². The summed E-state index contributed by atoms with van der Waals surface area (Å²) < 4.78 is 14.2. The molecule has 0 atom stereocenters. The molecular formula is C54H37BNO2Si-. The minimum absolute atomic E-state index is 0.0960. The van der Waals surface area contributed by atoms with Gasteiger partial charge in [-0.15, -0.1) is 0 Å². The van der Waals surface area contributed by atoms with Crippen LogP contribution in [0.4, 0.5) is 17.1 Å². The first-order valence-corrected chi connectivity index (χ1v) is 22.8. The summed E-state index contributed by atoms with van der Waals surface area (Å²) in [7, 11) is -3.23. The van der Waals surface area contributed by atoms with Crippen LogP contribution in [0.2, 0.25) is 0 Å². The number of nitrogens with zero attached hydrogens (tertiary/aromatic N) is 1. The molecule has 0 aromatic heterocycles. The summed E-state index contributed by atoms with van der Waals surface area (Å²) in [6.07, 6.45) is 0. The number of para-hydroxylation sites is 3. The van der Waals surface area contributed by atoms with Crippen molar-refractivity contribution >= 4 is 69.0 Å². The first-order chi connectivity index (χ1) is 29.3. The van der Waals surface area contributed by atoms with Crippen LogP contribution in [0.1, 0.15) is 0 Å². The van der Waals surface area contributed by atoms with Crippen molar-refractivity contribution in [2.75, 3.05) is 4.90 Å². The second kappa shape index (κ2) is 13.4. The predicted octanol–water partition coefficient (Wildman–Crippen LogP) is 8.64. The Morgan fingerprint density at radius 2 is 0.847 bits per heavy atom. The van der Waals surface area contributed by atoms with Crippen LogP contribution in [0.25, 0.3) is 22.3 Å². The number of anilines is 3. The van der Waals surface area contributed by atoms with Gasteiger partial charge >= 0.3 is 311 Å². The number of ether oxygens (including phenoxy) is 2. The second-order valence-electron chi connectivity index (χ2n) is 15.8. The molecule has 5 heteroatoms. The summed E-state index contributed by atoms with van der Waals surface area (Å²) in [6.45, 7) is -0.0960. The minimum Gasteiger partial charge on any atom is -0.0617 e. The molecule has 0 saturated carbocycles. The second-order valence-corrected chi connectivity index (χ2v) is 20.2. The molecule has 0 N–H and O–H groups in total. The minimum atomic E-state index is -3.23. The SMILES string of the molecule is c1ccc(-c2ccc3c(c2)Oc2cc(-c4ccccc4)cc4c2B3c2cccc(N3c5ccccc5[SiH-](c5ccccc5)(c5ccccc5)c5ccccc53)c2O4)cc1. The molecule has 278 valence electrons. The van der Waals surface area contributed by atoms with Crippen LogP contribution in [-0.2, 0) is 0 Å². The van der Waals surface area contributed by atoms with Crippen LogP contribution in [-0.4, -0.2) is 14.8 Å². The Hall–Kier alpha value is -7.34. The summed E-state index contributed by atoms with van der Waals surface area (Å²) in [6, 6.07) is 79.4. The van der Waals surface area contributed by atoms with E-state index in [0.29, 0.717) is 0 Å². The van der Waals surface area contributed by atoms with E-state index in [-0.39, 0.29) is 6.71 Å². The topological polar surface area (TPSA) is 21.7 Å². The summed E-state index contributed by atoms with van der Waals surface area (Å²) in [5.41, 5.74) is 11.2. The maximum atomic E-state index is 7.32. The molecule has 0 radical (unpaired) electrons. The van der Waals surface area contributed by atoms with Gasteiger partial charge in [-0.3, -0.25) is 0 Å². The summed E-state index contributed by atoms with van der Waals surface area (Å²) >= 11 is 0. The van der Waals surface area contributed by atoms with Crippen LogP contribution < -0.4 is 51.5 Å². The molecule has 3 heterocycles. The number of benzene rings is 9. The fraction of sp³-hybridized carbons (Fsp3) is 0. The van der Waals surface area contributed by atoms with E-state index in [9.17, 15) is 0 Å². The molecule has 9 aromatic rings. The zero-order valence-electron chi connectivity index (χ0n) is 32.2. The van der Waals surface area contributed by atoms with Gasteiger partial charge in [0.25, 0.3) is 0 Å². The zero-order chi connectivity index (χ0) is 38.9. The van der Waals surface area contributed by atoms with Crippen molar-refractivity contribution in [3.8, 4) is 45.3 Å². The quantitative estimate of drug-likeness (QED) is 0.164. The third kappa shape index (κ3) is 5.08. The van der Waals surface area contributed by atoms with E-state index < -0.39 is 8.07 Å². The fourth-order valence-electron chi connectivity index (χ4n) is 10.4. The van der Waals surface area contributed by atoms with E-state index in [1.807, 2.05) is 0 Å². The third-order valence-electron chi connectivity index (χ3n) is 12.8. The van der Waals surface area contributed by atoms with Gasteiger partial charge in [0, 0.05) is 0 Å². The van der Waals surface area contributed by atoms with E-state index in [0.717, 1.165) is 67.3 Å². The normalized spacial score (nSPS) is 14.3. The molecule has 3 aliphatic rings. The van der Waals surface area contributed by atoms with E-state index in [1.165, 1.54) is 32.1 Å². The van der Waals surface area contributed by atoms with Gasteiger partial charge in [-0.05, 0) is 0 Å². The molecule has 9 aromatic carbocycles. The maximum absolute atomic E-state index is 7.32. The van der Waals surface area contributed by atoms with Crippen LogP contribution in [0, 0.1) is 0 Å². The Balaban J connectivity index is 1.11. The van der Waals surface area contributed by atoms with Gasteiger partial charge in [-0.25, -0.2) is 0 Å².